The molecule has 4 N–H and O–H groups in total. The Balaban J connectivity index is 1.67. The zero-order valence-electron chi connectivity index (χ0n) is 32.0. The SMILES string of the molecule is C=CC1=C(C)c2cc3[nH]c(cc4nc(cc5[nH]c(cc1n2)c(C)c5CCC(=O)NCCN(C)C)C(CCC(=O)NCCN(C)C)C4C)c(C)c3C. The molecular formula is C41H56N8O2. The summed E-state index contributed by atoms with van der Waals surface area (Å²) >= 11 is 0. The highest BCUT2D eigenvalue weighted by molar-refractivity contribution is 5.97. The molecular weight excluding hydrogens is 637 g/mol. The van der Waals surface area contributed by atoms with Crippen LogP contribution < -0.4 is 10.6 Å². The number of H-pyrrole nitrogens is 2. The van der Waals surface area contributed by atoms with Crippen LogP contribution in [0, 0.1) is 20.8 Å². The van der Waals surface area contributed by atoms with Crippen LogP contribution in [0.15, 0.2) is 36.9 Å². The second kappa shape index (κ2) is 16.2. The number of aromatic nitrogens is 4. The predicted octanol–water partition coefficient (Wildman–Crippen LogP) is 6.31. The van der Waals surface area contributed by atoms with Crippen molar-refractivity contribution in [3.63, 3.8) is 0 Å². The van der Waals surface area contributed by atoms with Crippen molar-refractivity contribution in [3.8, 4) is 0 Å². The van der Waals surface area contributed by atoms with E-state index >= 15 is 0 Å². The molecule has 0 fully saturated rings. The van der Waals surface area contributed by atoms with Crippen molar-refractivity contribution in [2.75, 3.05) is 54.4 Å². The van der Waals surface area contributed by atoms with Crippen LogP contribution in [-0.2, 0) is 16.0 Å². The largest absolute Gasteiger partial charge is 0.355 e. The first-order chi connectivity index (χ1) is 24.3. The number of aromatic amines is 2. The van der Waals surface area contributed by atoms with Crippen LogP contribution in [0.3, 0.4) is 0 Å². The summed E-state index contributed by atoms with van der Waals surface area (Å²) in [6, 6.07) is 8.54. The number of carbonyl (C=O) groups excluding carboxylic acids is 2. The summed E-state index contributed by atoms with van der Waals surface area (Å²) in [4.78, 5) is 47.7. The van der Waals surface area contributed by atoms with Crippen LogP contribution in [0.25, 0.3) is 33.2 Å². The van der Waals surface area contributed by atoms with Crippen molar-refractivity contribution in [1.82, 2.24) is 40.4 Å². The Kier molecular flexibility index (Phi) is 12.0. The van der Waals surface area contributed by atoms with E-state index in [0.29, 0.717) is 38.8 Å². The van der Waals surface area contributed by atoms with Gasteiger partial charge in [-0.15, -0.1) is 0 Å². The summed E-state index contributed by atoms with van der Waals surface area (Å²) in [5, 5.41) is 6.14. The highest BCUT2D eigenvalue weighted by Crippen LogP contribution is 2.40. The topological polar surface area (TPSA) is 122 Å². The number of carbonyl (C=O) groups is 2. The van der Waals surface area contributed by atoms with Crippen molar-refractivity contribution < 1.29 is 9.59 Å². The second-order valence-electron chi connectivity index (χ2n) is 14.7. The first kappa shape index (κ1) is 37.7. The Hall–Kier alpha value is -4.54. The first-order valence-electron chi connectivity index (χ1n) is 18.1. The number of fused-ring (bicyclic) bond motifs is 8. The lowest BCUT2D eigenvalue weighted by Crippen LogP contribution is -2.31. The predicted molar refractivity (Wildman–Crippen MR) is 210 cm³/mol. The van der Waals surface area contributed by atoms with E-state index in [2.05, 4.69) is 95.9 Å². The van der Waals surface area contributed by atoms with Gasteiger partial charge in [0.25, 0.3) is 0 Å². The Morgan fingerprint density at radius 2 is 1.31 bits per heavy atom. The number of aryl methyl sites for hydroxylation is 4. The van der Waals surface area contributed by atoms with Crippen molar-refractivity contribution in [2.45, 2.75) is 72.1 Å². The Bertz CT molecular complexity index is 2000. The summed E-state index contributed by atoms with van der Waals surface area (Å²) in [7, 11) is 8.00. The summed E-state index contributed by atoms with van der Waals surface area (Å²) in [6.07, 6.45) is 3.91. The van der Waals surface area contributed by atoms with Crippen molar-refractivity contribution in [1.29, 1.82) is 0 Å². The quantitative estimate of drug-likeness (QED) is 0.167. The average molecular weight is 693 g/mol. The van der Waals surface area contributed by atoms with Crippen molar-refractivity contribution in [3.05, 3.63) is 81.9 Å². The molecule has 10 heteroatoms. The Labute approximate surface area is 302 Å². The van der Waals surface area contributed by atoms with Gasteiger partial charge in [-0.2, -0.15) is 0 Å². The molecule has 0 saturated carbocycles. The number of likely N-dealkylation sites (N-methyl/N-ethyl adjacent to an activating group) is 2. The standard InChI is InChI=1S/C41H56N8O2/c1-11-29-26(4)34-20-32-24(2)25(3)33(44-32)21-35-27(5)30(12-14-40(50)42-16-18-48(7)8)38(46-35)23-39-31(13-15-41(51)43-17-19-49(9)10)28(6)36(47-39)22-37(29)45-34/h11,20-23,27,30,44,47H,1,12-19H2,2-10H3,(H,42,50)(H,43,51). The van der Waals surface area contributed by atoms with Gasteiger partial charge in [0.15, 0.2) is 0 Å². The van der Waals surface area contributed by atoms with Gasteiger partial charge in [-0.1, -0.05) is 19.6 Å². The monoisotopic (exact) mass is 692 g/mol. The average Bonchev–Trinajstić information content (AvgIpc) is 3.72. The van der Waals surface area contributed by atoms with Gasteiger partial charge in [0.05, 0.1) is 11.4 Å². The summed E-state index contributed by atoms with van der Waals surface area (Å²) < 4.78 is 0. The first-order valence-corrected chi connectivity index (χ1v) is 18.1. The molecule has 0 aromatic carbocycles. The molecule has 0 radical (unpaired) electrons. The van der Waals surface area contributed by atoms with Gasteiger partial charge in [0, 0.05) is 89.9 Å². The number of nitrogens with one attached hydrogen (secondary N) is 4. The Morgan fingerprint density at radius 3 is 1.94 bits per heavy atom. The fourth-order valence-corrected chi connectivity index (χ4v) is 7.01. The molecule has 2 unspecified atom stereocenters. The zero-order valence-corrected chi connectivity index (χ0v) is 32.0. The molecule has 2 aliphatic rings. The maximum atomic E-state index is 12.9. The molecule has 5 rings (SSSR count). The minimum Gasteiger partial charge on any atom is -0.355 e. The molecule has 0 spiro atoms. The number of nitrogens with zero attached hydrogens (tertiary/aromatic N) is 4. The maximum absolute atomic E-state index is 12.9. The van der Waals surface area contributed by atoms with Gasteiger partial charge in [-0.25, -0.2) is 4.98 Å². The van der Waals surface area contributed by atoms with E-state index in [-0.39, 0.29) is 23.7 Å². The van der Waals surface area contributed by atoms with Crippen LogP contribution >= 0.6 is 0 Å². The van der Waals surface area contributed by atoms with Crippen LogP contribution in [0.5, 0.6) is 0 Å². The van der Waals surface area contributed by atoms with Gasteiger partial charge in [-0.05, 0) is 121 Å². The minimum absolute atomic E-state index is 0.0285. The van der Waals surface area contributed by atoms with E-state index in [0.717, 1.165) is 80.2 Å². The van der Waals surface area contributed by atoms with E-state index in [4.69, 9.17) is 9.97 Å². The number of hydrogen-bond acceptors (Lipinski definition) is 6. The van der Waals surface area contributed by atoms with E-state index in [9.17, 15) is 9.59 Å². The minimum atomic E-state index is 0.0285. The zero-order chi connectivity index (χ0) is 37.0. The van der Waals surface area contributed by atoms with Gasteiger partial charge >= 0.3 is 0 Å². The molecule has 8 bridgehead atoms. The maximum Gasteiger partial charge on any atom is 0.220 e. The molecule has 51 heavy (non-hydrogen) atoms. The second-order valence-corrected chi connectivity index (χ2v) is 14.7. The Morgan fingerprint density at radius 1 is 0.765 bits per heavy atom. The highest BCUT2D eigenvalue weighted by atomic mass is 16.2. The van der Waals surface area contributed by atoms with Crippen molar-refractivity contribution >= 4 is 45.0 Å². The van der Waals surface area contributed by atoms with E-state index in [1.165, 1.54) is 11.1 Å². The van der Waals surface area contributed by atoms with Crippen LogP contribution in [0.1, 0.15) is 90.0 Å². The number of rotatable bonds is 13. The van der Waals surface area contributed by atoms with E-state index < -0.39 is 0 Å². The molecule has 3 aromatic rings. The summed E-state index contributed by atoms with van der Waals surface area (Å²) in [5.74, 6) is 0.224. The fourth-order valence-electron chi connectivity index (χ4n) is 7.01. The van der Waals surface area contributed by atoms with Crippen LogP contribution in [-0.4, -0.2) is 95.9 Å². The number of allylic oxidation sites excluding steroid dienone is 3. The number of hydrogen-bond donors (Lipinski definition) is 4. The van der Waals surface area contributed by atoms with Crippen molar-refractivity contribution in [2.24, 2.45) is 0 Å². The van der Waals surface area contributed by atoms with E-state index in [1.807, 2.05) is 34.3 Å². The lowest BCUT2D eigenvalue weighted by Gasteiger charge is -2.16. The molecule has 272 valence electrons. The smallest absolute Gasteiger partial charge is 0.220 e. The third-order valence-corrected chi connectivity index (χ3v) is 10.5. The summed E-state index contributed by atoms with van der Waals surface area (Å²) in [6.45, 7) is 17.6. The van der Waals surface area contributed by atoms with Gasteiger partial charge < -0.3 is 30.4 Å². The molecule has 2 atom stereocenters. The molecule has 2 amide bonds. The molecule has 10 nitrogen and oxygen atoms in total. The third-order valence-electron chi connectivity index (χ3n) is 10.5. The lowest BCUT2D eigenvalue weighted by atomic mass is 9.87. The normalized spacial score (nSPS) is 15.9. The number of amides is 2. The van der Waals surface area contributed by atoms with Crippen LogP contribution in [0.4, 0.5) is 0 Å². The molecule has 0 saturated heterocycles. The highest BCUT2D eigenvalue weighted by Gasteiger charge is 2.29. The lowest BCUT2D eigenvalue weighted by molar-refractivity contribution is -0.122. The van der Waals surface area contributed by atoms with Crippen LogP contribution in [0.2, 0.25) is 0 Å². The third kappa shape index (κ3) is 8.68. The van der Waals surface area contributed by atoms with Gasteiger partial charge in [-0.3, -0.25) is 14.6 Å². The fraction of sp³-hybridized carbons (Fsp3) is 0.463. The molecule has 2 aliphatic heterocycles. The molecule has 3 aromatic heterocycles. The molecule has 5 heterocycles. The van der Waals surface area contributed by atoms with Gasteiger partial charge in [0.1, 0.15) is 0 Å². The van der Waals surface area contributed by atoms with Gasteiger partial charge in [0.2, 0.25) is 11.8 Å². The molecule has 0 aliphatic carbocycles. The van der Waals surface area contributed by atoms with E-state index in [1.54, 1.807) is 0 Å². The summed E-state index contributed by atoms with van der Waals surface area (Å²) in [5.41, 5.74) is 14.2.